The van der Waals surface area contributed by atoms with Crippen molar-refractivity contribution in [2.45, 2.75) is 11.8 Å². The van der Waals surface area contributed by atoms with Crippen LogP contribution in [-0.4, -0.2) is 6.54 Å². The average molecular weight is 301 g/mol. The summed E-state index contributed by atoms with van der Waals surface area (Å²) in [5.41, 5.74) is 1.66. The third-order valence-electron chi connectivity index (χ3n) is 3.24. The van der Waals surface area contributed by atoms with E-state index in [0.717, 1.165) is 6.07 Å². The van der Waals surface area contributed by atoms with Gasteiger partial charge in [-0.2, -0.15) is 13.2 Å². The Morgan fingerprint density at radius 1 is 0.857 bits per heavy atom. The maximum atomic E-state index is 15.0. The molecule has 6 heteroatoms. The Kier molecular flexibility index (Phi) is 4.00. The molecule has 0 aromatic heterocycles. The van der Waals surface area contributed by atoms with Crippen molar-refractivity contribution in [2.24, 2.45) is 5.73 Å². The minimum absolute atomic E-state index is 0.159. The largest absolute Gasteiger partial charge is 0.419 e. The molecule has 0 amide bonds. The number of rotatable bonds is 3. The zero-order valence-electron chi connectivity index (χ0n) is 10.8. The van der Waals surface area contributed by atoms with E-state index in [2.05, 4.69) is 0 Å². The Morgan fingerprint density at radius 3 is 1.95 bits per heavy atom. The van der Waals surface area contributed by atoms with Crippen LogP contribution in [0.15, 0.2) is 48.5 Å². The van der Waals surface area contributed by atoms with E-state index in [-0.39, 0.29) is 11.1 Å². The van der Waals surface area contributed by atoms with Crippen LogP contribution in [0.3, 0.4) is 0 Å². The molecule has 2 rings (SSSR count). The molecule has 1 atom stereocenters. The molecule has 2 aromatic carbocycles. The summed E-state index contributed by atoms with van der Waals surface area (Å²) in [6.45, 7) is -0.512. The Labute approximate surface area is 118 Å². The highest BCUT2D eigenvalue weighted by atomic mass is 19.4. The molecule has 0 saturated carbocycles. The molecule has 112 valence electrons. The van der Waals surface area contributed by atoms with Crippen LogP contribution in [0.1, 0.15) is 16.7 Å². The lowest BCUT2D eigenvalue weighted by atomic mass is 9.87. The minimum atomic E-state index is -4.82. The van der Waals surface area contributed by atoms with Crippen LogP contribution in [0.25, 0.3) is 0 Å². The molecule has 0 aliphatic carbocycles. The first-order chi connectivity index (χ1) is 9.79. The summed E-state index contributed by atoms with van der Waals surface area (Å²) in [4.78, 5) is 0. The topological polar surface area (TPSA) is 26.0 Å². The van der Waals surface area contributed by atoms with Gasteiger partial charge in [-0.05, 0) is 23.3 Å². The number of hydrogen-bond donors (Lipinski definition) is 1. The molecule has 0 fully saturated rings. The third-order valence-corrected chi connectivity index (χ3v) is 3.24. The zero-order valence-corrected chi connectivity index (χ0v) is 10.8. The average Bonchev–Trinajstić information content (AvgIpc) is 2.46. The van der Waals surface area contributed by atoms with E-state index >= 15 is 4.39 Å². The van der Waals surface area contributed by atoms with Crippen molar-refractivity contribution in [2.75, 3.05) is 6.54 Å². The van der Waals surface area contributed by atoms with E-state index < -0.39 is 29.8 Å². The Bertz CT molecular complexity index is 624. The minimum Gasteiger partial charge on any atom is -0.327 e. The molecule has 1 unspecified atom stereocenters. The van der Waals surface area contributed by atoms with Gasteiger partial charge in [0.25, 0.3) is 0 Å². The number of nitrogens with two attached hydrogens (primary N) is 1. The number of alkyl halides is 4. The van der Waals surface area contributed by atoms with Gasteiger partial charge in [0, 0.05) is 6.54 Å². The Hall–Kier alpha value is -1.95. The molecule has 0 aliphatic heterocycles. The maximum Gasteiger partial charge on any atom is 0.419 e. The quantitative estimate of drug-likeness (QED) is 0.852. The van der Waals surface area contributed by atoms with Crippen LogP contribution >= 0.6 is 0 Å². The van der Waals surface area contributed by atoms with Gasteiger partial charge in [0.2, 0.25) is 0 Å². The fraction of sp³-hybridized carbons (Fsp3) is 0.200. The van der Waals surface area contributed by atoms with E-state index in [1.807, 2.05) is 0 Å². The van der Waals surface area contributed by atoms with Gasteiger partial charge in [-0.25, -0.2) is 8.78 Å². The monoisotopic (exact) mass is 301 g/mol. The number of halogens is 5. The van der Waals surface area contributed by atoms with Gasteiger partial charge in [-0.1, -0.05) is 36.4 Å². The van der Waals surface area contributed by atoms with E-state index in [1.54, 1.807) is 18.2 Å². The van der Waals surface area contributed by atoms with Crippen molar-refractivity contribution in [3.8, 4) is 0 Å². The summed E-state index contributed by atoms with van der Waals surface area (Å²) >= 11 is 0. The highest BCUT2D eigenvalue weighted by molar-refractivity contribution is 5.39. The first-order valence-corrected chi connectivity index (χ1v) is 6.11. The van der Waals surface area contributed by atoms with Gasteiger partial charge >= 0.3 is 6.18 Å². The summed E-state index contributed by atoms with van der Waals surface area (Å²) in [7, 11) is 0. The smallest absolute Gasteiger partial charge is 0.327 e. The molecule has 0 saturated heterocycles. The fourth-order valence-corrected chi connectivity index (χ4v) is 2.10. The first kappa shape index (κ1) is 15.4. The molecule has 0 heterocycles. The van der Waals surface area contributed by atoms with Gasteiger partial charge < -0.3 is 5.73 Å². The molecule has 21 heavy (non-hydrogen) atoms. The van der Waals surface area contributed by atoms with Crippen LogP contribution < -0.4 is 5.73 Å². The summed E-state index contributed by atoms with van der Waals surface area (Å²) in [5.74, 6) is -1.52. The van der Waals surface area contributed by atoms with Crippen molar-refractivity contribution in [1.29, 1.82) is 0 Å². The third kappa shape index (κ3) is 2.90. The van der Waals surface area contributed by atoms with Crippen molar-refractivity contribution >= 4 is 0 Å². The Balaban J connectivity index is 2.52. The van der Waals surface area contributed by atoms with Crippen molar-refractivity contribution in [1.82, 2.24) is 0 Å². The molecule has 2 N–H and O–H groups in total. The van der Waals surface area contributed by atoms with Crippen molar-refractivity contribution in [3.63, 3.8) is 0 Å². The molecular formula is C15H12F5N. The second-order valence-corrected chi connectivity index (χ2v) is 4.56. The van der Waals surface area contributed by atoms with Gasteiger partial charge in [0.15, 0.2) is 5.67 Å². The highest BCUT2D eigenvalue weighted by Crippen LogP contribution is 2.37. The molecule has 0 bridgehead atoms. The maximum absolute atomic E-state index is 15.0. The lowest BCUT2D eigenvalue weighted by molar-refractivity contribution is -0.140. The van der Waals surface area contributed by atoms with Crippen molar-refractivity contribution < 1.29 is 22.0 Å². The molecule has 1 nitrogen and oxygen atoms in total. The molecule has 0 aliphatic rings. The van der Waals surface area contributed by atoms with E-state index in [0.29, 0.717) is 12.1 Å². The standard InChI is InChI=1S/C15H12F5N/c16-13-8-11(6-7-12(13)15(18,19)20)14(17,9-21)10-4-2-1-3-5-10/h1-8H,9,21H2. The normalized spacial score (nSPS) is 14.8. The lowest BCUT2D eigenvalue weighted by Gasteiger charge is -2.25. The number of hydrogen-bond acceptors (Lipinski definition) is 1. The van der Waals surface area contributed by atoms with Crippen LogP contribution in [0.5, 0.6) is 0 Å². The van der Waals surface area contributed by atoms with Gasteiger partial charge in [0.05, 0.1) is 5.56 Å². The second kappa shape index (κ2) is 5.44. The lowest BCUT2D eigenvalue weighted by Crippen LogP contribution is -2.32. The Morgan fingerprint density at radius 2 is 1.48 bits per heavy atom. The molecule has 0 radical (unpaired) electrons. The second-order valence-electron chi connectivity index (χ2n) is 4.56. The molecular weight excluding hydrogens is 289 g/mol. The molecule has 0 spiro atoms. The van der Waals surface area contributed by atoms with E-state index in [9.17, 15) is 17.6 Å². The first-order valence-electron chi connectivity index (χ1n) is 6.11. The summed E-state index contributed by atoms with van der Waals surface area (Å²) < 4.78 is 66.2. The van der Waals surface area contributed by atoms with Crippen LogP contribution in [0.4, 0.5) is 22.0 Å². The highest BCUT2D eigenvalue weighted by Gasteiger charge is 2.37. The fourth-order valence-electron chi connectivity index (χ4n) is 2.10. The van der Waals surface area contributed by atoms with Gasteiger partial charge in [-0.3, -0.25) is 0 Å². The van der Waals surface area contributed by atoms with Crippen molar-refractivity contribution in [3.05, 3.63) is 71.0 Å². The zero-order chi connectivity index (χ0) is 15.7. The van der Waals surface area contributed by atoms with Crippen LogP contribution in [-0.2, 0) is 11.8 Å². The van der Waals surface area contributed by atoms with E-state index in [4.69, 9.17) is 5.73 Å². The molecule has 2 aromatic rings. The summed E-state index contributed by atoms with van der Waals surface area (Å²) in [6.07, 6.45) is -4.82. The van der Waals surface area contributed by atoms with Gasteiger partial charge in [0.1, 0.15) is 5.82 Å². The SMILES string of the molecule is NCC(F)(c1ccccc1)c1ccc(C(F)(F)F)c(F)c1. The number of benzene rings is 2. The van der Waals surface area contributed by atoms with Gasteiger partial charge in [-0.15, -0.1) is 0 Å². The van der Waals surface area contributed by atoms with E-state index in [1.165, 1.54) is 12.1 Å². The summed E-state index contributed by atoms with van der Waals surface area (Å²) in [6, 6.07) is 9.67. The predicted molar refractivity (Wildman–Crippen MR) is 68.8 cm³/mol. The predicted octanol–water partition coefficient (Wildman–Crippen LogP) is 4.02. The summed E-state index contributed by atoms with van der Waals surface area (Å²) in [5, 5.41) is 0. The van der Waals surface area contributed by atoms with Crippen LogP contribution in [0.2, 0.25) is 0 Å². The van der Waals surface area contributed by atoms with Crippen LogP contribution in [0, 0.1) is 5.82 Å².